The summed E-state index contributed by atoms with van der Waals surface area (Å²) < 4.78 is 20.6. The van der Waals surface area contributed by atoms with Gasteiger partial charge in [-0.1, -0.05) is 12.1 Å². The van der Waals surface area contributed by atoms with Crippen molar-refractivity contribution in [1.29, 1.82) is 0 Å². The zero-order chi connectivity index (χ0) is 19.2. The van der Waals surface area contributed by atoms with E-state index in [2.05, 4.69) is 5.32 Å². The Balaban J connectivity index is 2.41. The van der Waals surface area contributed by atoms with Crippen molar-refractivity contribution in [3.05, 3.63) is 73.3 Å². The number of ether oxygens (including phenoxy) is 1. The number of halogens is 1. The number of benzene rings is 1. The highest BCUT2D eigenvalue weighted by atomic mass is 19.1. The lowest BCUT2D eigenvalue weighted by atomic mass is 9.82. The molecule has 3 rings (SSSR count). The van der Waals surface area contributed by atoms with Crippen LogP contribution in [0.15, 0.2) is 45.1 Å². The molecular formula is C18H18FN3O4. The Labute approximate surface area is 148 Å². The second-order valence-electron chi connectivity index (χ2n) is 6.11. The molecule has 1 atom stereocenters. The van der Waals surface area contributed by atoms with Gasteiger partial charge in [-0.25, -0.2) is 14.0 Å². The number of rotatable bonds is 2. The SMILES string of the molecule is COC(=O)C1=C(C)Nc2c(c(=O)n(C)c(=O)n2C)[C@@H]1c1ccc(F)cc1. The van der Waals surface area contributed by atoms with Gasteiger partial charge in [0.25, 0.3) is 5.56 Å². The third-order valence-electron chi connectivity index (χ3n) is 4.60. The summed E-state index contributed by atoms with van der Waals surface area (Å²) in [6, 6.07) is 5.53. The molecule has 26 heavy (non-hydrogen) atoms. The number of anilines is 1. The van der Waals surface area contributed by atoms with Crippen molar-refractivity contribution in [2.45, 2.75) is 12.8 Å². The molecule has 8 heteroatoms. The zero-order valence-corrected chi connectivity index (χ0v) is 14.8. The van der Waals surface area contributed by atoms with Gasteiger partial charge in [0.1, 0.15) is 11.6 Å². The number of allylic oxidation sites excluding steroid dienone is 1. The molecule has 1 aromatic carbocycles. The summed E-state index contributed by atoms with van der Waals surface area (Å²) >= 11 is 0. The highest BCUT2D eigenvalue weighted by Gasteiger charge is 2.37. The standard InChI is InChI=1S/C18H18FN3O4/c1-9-12(17(24)26-4)13(10-5-7-11(19)8-6-10)14-15(20-9)21(2)18(25)22(3)16(14)23/h5-8,13,20H,1-4H3/t13-/m1/s1. The van der Waals surface area contributed by atoms with E-state index in [0.29, 0.717) is 17.1 Å². The molecule has 0 aliphatic carbocycles. The Morgan fingerprint density at radius 1 is 1.15 bits per heavy atom. The molecule has 0 unspecified atom stereocenters. The van der Waals surface area contributed by atoms with E-state index in [0.717, 1.165) is 4.57 Å². The van der Waals surface area contributed by atoms with E-state index in [1.165, 1.54) is 50.0 Å². The molecule has 0 amide bonds. The quantitative estimate of drug-likeness (QED) is 0.816. The van der Waals surface area contributed by atoms with Crippen molar-refractivity contribution < 1.29 is 13.9 Å². The van der Waals surface area contributed by atoms with E-state index in [-0.39, 0.29) is 11.1 Å². The first kappa shape index (κ1) is 17.7. The molecule has 1 N–H and O–H groups in total. The van der Waals surface area contributed by atoms with Crippen LogP contribution in [0, 0.1) is 5.82 Å². The number of carbonyl (C=O) groups excluding carboxylic acids is 1. The van der Waals surface area contributed by atoms with Gasteiger partial charge in [-0.3, -0.25) is 13.9 Å². The fourth-order valence-electron chi connectivity index (χ4n) is 3.26. The molecule has 1 aliphatic heterocycles. The fraction of sp³-hybridized carbons (Fsp3) is 0.278. The minimum atomic E-state index is -0.787. The van der Waals surface area contributed by atoms with E-state index < -0.39 is 29.0 Å². The molecule has 1 aliphatic rings. The smallest absolute Gasteiger partial charge is 0.336 e. The fourth-order valence-corrected chi connectivity index (χ4v) is 3.26. The number of aromatic nitrogens is 2. The van der Waals surface area contributed by atoms with Gasteiger partial charge in [0.15, 0.2) is 0 Å². The predicted molar refractivity (Wildman–Crippen MR) is 93.5 cm³/mol. The molecule has 0 spiro atoms. The van der Waals surface area contributed by atoms with Gasteiger partial charge in [0.05, 0.1) is 24.2 Å². The molecule has 0 radical (unpaired) electrons. The Kier molecular flexibility index (Phi) is 4.27. The second-order valence-corrected chi connectivity index (χ2v) is 6.11. The number of hydrogen-bond acceptors (Lipinski definition) is 5. The minimum Gasteiger partial charge on any atom is -0.466 e. The number of methoxy groups -OCH3 is 1. The van der Waals surface area contributed by atoms with Crippen LogP contribution < -0.4 is 16.6 Å². The Morgan fingerprint density at radius 2 is 1.77 bits per heavy atom. The van der Waals surface area contributed by atoms with Crippen LogP contribution in [0.3, 0.4) is 0 Å². The van der Waals surface area contributed by atoms with Crippen molar-refractivity contribution in [3.8, 4) is 0 Å². The monoisotopic (exact) mass is 359 g/mol. The number of carbonyl (C=O) groups is 1. The van der Waals surface area contributed by atoms with Crippen LogP contribution in [-0.4, -0.2) is 22.2 Å². The maximum atomic E-state index is 13.4. The van der Waals surface area contributed by atoms with Gasteiger partial charge in [-0.05, 0) is 24.6 Å². The van der Waals surface area contributed by atoms with Gasteiger partial charge in [0.2, 0.25) is 0 Å². The highest BCUT2D eigenvalue weighted by Crippen LogP contribution is 2.39. The van der Waals surface area contributed by atoms with Crippen molar-refractivity contribution in [1.82, 2.24) is 9.13 Å². The number of nitrogens with one attached hydrogen (secondary N) is 1. The van der Waals surface area contributed by atoms with Gasteiger partial charge >= 0.3 is 11.7 Å². The molecule has 2 heterocycles. The Bertz CT molecular complexity index is 1050. The summed E-state index contributed by atoms with van der Waals surface area (Å²) in [6.07, 6.45) is 0. The molecule has 0 saturated carbocycles. The van der Waals surface area contributed by atoms with Gasteiger partial charge in [-0.15, -0.1) is 0 Å². The lowest BCUT2D eigenvalue weighted by Gasteiger charge is -2.30. The van der Waals surface area contributed by atoms with E-state index in [1.54, 1.807) is 6.92 Å². The summed E-state index contributed by atoms with van der Waals surface area (Å²) in [5.74, 6) is -1.52. The first-order valence-corrected chi connectivity index (χ1v) is 7.89. The molecule has 0 saturated heterocycles. The Morgan fingerprint density at radius 3 is 2.35 bits per heavy atom. The van der Waals surface area contributed by atoms with Gasteiger partial charge in [0, 0.05) is 19.8 Å². The summed E-state index contributed by atoms with van der Waals surface area (Å²) in [6.45, 7) is 1.66. The lowest BCUT2D eigenvalue weighted by molar-refractivity contribution is -0.136. The van der Waals surface area contributed by atoms with Crippen molar-refractivity contribution in [2.75, 3.05) is 12.4 Å². The molecule has 0 bridgehead atoms. The largest absolute Gasteiger partial charge is 0.466 e. The first-order valence-electron chi connectivity index (χ1n) is 7.89. The number of esters is 1. The Hall–Kier alpha value is -3.16. The molecule has 2 aromatic rings. The average molecular weight is 359 g/mol. The van der Waals surface area contributed by atoms with Gasteiger partial charge < -0.3 is 10.1 Å². The van der Waals surface area contributed by atoms with Crippen LogP contribution in [0.1, 0.15) is 24.0 Å². The van der Waals surface area contributed by atoms with Crippen LogP contribution in [0.2, 0.25) is 0 Å². The second kappa shape index (κ2) is 6.29. The number of fused-ring (bicyclic) bond motifs is 1. The normalized spacial score (nSPS) is 16.1. The molecule has 0 fully saturated rings. The van der Waals surface area contributed by atoms with Crippen LogP contribution in [-0.2, 0) is 23.6 Å². The van der Waals surface area contributed by atoms with E-state index >= 15 is 0 Å². The summed E-state index contributed by atoms with van der Waals surface area (Å²) in [7, 11) is 4.15. The highest BCUT2D eigenvalue weighted by molar-refractivity contribution is 5.94. The van der Waals surface area contributed by atoms with Crippen LogP contribution in [0.25, 0.3) is 0 Å². The van der Waals surface area contributed by atoms with Crippen molar-refractivity contribution in [3.63, 3.8) is 0 Å². The van der Waals surface area contributed by atoms with E-state index in [1.807, 2.05) is 0 Å². The molecule has 136 valence electrons. The molecule has 1 aromatic heterocycles. The maximum absolute atomic E-state index is 13.4. The van der Waals surface area contributed by atoms with E-state index in [9.17, 15) is 18.8 Å². The van der Waals surface area contributed by atoms with Crippen molar-refractivity contribution >= 4 is 11.8 Å². The van der Waals surface area contributed by atoms with Gasteiger partial charge in [-0.2, -0.15) is 0 Å². The summed E-state index contributed by atoms with van der Waals surface area (Å²) in [5, 5.41) is 2.97. The number of nitrogens with zero attached hydrogens (tertiary/aromatic N) is 2. The predicted octanol–water partition coefficient (Wildman–Crippen LogP) is 1.23. The van der Waals surface area contributed by atoms with Crippen LogP contribution >= 0.6 is 0 Å². The first-order chi connectivity index (χ1) is 12.3. The van der Waals surface area contributed by atoms with E-state index in [4.69, 9.17) is 4.74 Å². The molecule has 7 nitrogen and oxygen atoms in total. The molecular weight excluding hydrogens is 341 g/mol. The van der Waals surface area contributed by atoms with Crippen LogP contribution in [0.5, 0.6) is 0 Å². The van der Waals surface area contributed by atoms with Crippen LogP contribution in [0.4, 0.5) is 10.2 Å². The summed E-state index contributed by atoms with van der Waals surface area (Å²) in [5.41, 5.74) is 0.452. The average Bonchev–Trinajstić information content (AvgIpc) is 2.63. The summed E-state index contributed by atoms with van der Waals surface area (Å²) in [4.78, 5) is 37.5. The van der Waals surface area contributed by atoms with Crippen molar-refractivity contribution in [2.24, 2.45) is 14.1 Å². The minimum absolute atomic E-state index is 0.229. The third-order valence-corrected chi connectivity index (χ3v) is 4.60. The number of hydrogen-bond donors (Lipinski definition) is 1. The lowest BCUT2D eigenvalue weighted by Crippen LogP contribution is -2.43. The third kappa shape index (κ3) is 2.54. The topological polar surface area (TPSA) is 82.3 Å². The zero-order valence-electron chi connectivity index (χ0n) is 14.8. The maximum Gasteiger partial charge on any atom is 0.336 e.